The molecule has 0 nitrogen and oxygen atoms in total. The molecule has 0 aliphatic heterocycles. The highest BCUT2D eigenvalue weighted by Gasteiger charge is 2.18. The molecular formula is C59H56. The van der Waals surface area contributed by atoms with E-state index in [2.05, 4.69) is 192 Å². The third-order valence-corrected chi connectivity index (χ3v) is 11.8. The highest BCUT2D eigenvalue weighted by Crippen LogP contribution is 2.41. The van der Waals surface area contributed by atoms with Gasteiger partial charge in [0, 0.05) is 0 Å². The molecule has 0 bridgehead atoms. The zero-order valence-electron chi connectivity index (χ0n) is 35.7. The van der Waals surface area contributed by atoms with Crippen molar-refractivity contribution in [2.24, 2.45) is 0 Å². The summed E-state index contributed by atoms with van der Waals surface area (Å²) >= 11 is 0. The summed E-state index contributed by atoms with van der Waals surface area (Å²) in [6.45, 7) is 21.6. The van der Waals surface area contributed by atoms with Crippen LogP contribution in [0.4, 0.5) is 0 Å². The van der Waals surface area contributed by atoms with Crippen molar-refractivity contribution in [1.82, 2.24) is 0 Å². The highest BCUT2D eigenvalue weighted by molar-refractivity contribution is 6.13. The van der Waals surface area contributed by atoms with Gasteiger partial charge in [0.25, 0.3) is 0 Å². The number of rotatable bonds is 10. The minimum Gasteiger partial charge on any atom is -0.0991 e. The van der Waals surface area contributed by atoms with Crippen molar-refractivity contribution in [3.8, 4) is 11.1 Å². The molecule has 0 saturated carbocycles. The van der Waals surface area contributed by atoms with Gasteiger partial charge >= 0.3 is 0 Å². The molecule has 0 unspecified atom stereocenters. The van der Waals surface area contributed by atoms with Crippen LogP contribution >= 0.6 is 0 Å². The van der Waals surface area contributed by atoms with Crippen molar-refractivity contribution in [3.63, 3.8) is 0 Å². The Hall–Kier alpha value is -6.50. The van der Waals surface area contributed by atoms with Crippen molar-refractivity contribution < 1.29 is 0 Å². The van der Waals surface area contributed by atoms with E-state index in [1.165, 1.54) is 99.1 Å². The molecule has 1 aliphatic rings. The SMILES string of the molecule is C=C/C=C\c1cccc(/C(C)=C/C=C(CC)/C(=C/C(=C)c2cc3ccccc3c3ccccc23)c2cc(-c3cc4ccccc4c4c3C=CCC4)ccc2C)c1C.CC. The maximum Gasteiger partial charge on any atom is -0.00992 e. The Bertz CT molecular complexity index is 2880. The Labute approximate surface area is 352 Å². The van der Waals surface area contributed by atoms with E-state index in [1.807, 2.05) is 26.0 Å². The van der Waals surface area contributed by atoms with E-state index < -0.39 is 0 Å². The second-order valence-corrected chi connectivity index (χ2v) is 15.3. The first kappa shape index (κ1) is 40.7. The van der Waals surface area contributed by atoms with Crippen molar-refractivity contribution in [2.75, 3.05) is 0 Å². The van der Waals surface area contributed by atoms with E-state index in [0.717, 1.165) is 30.4 Å². The molecule has 8 rings (SSSR count). The van der Waals surface area contributed by atoms with Crippen molar-refractivity contribution in [3.05, 3.63) is 221 Å². The van der Waals surface area contributed by atoms with Crippen molar-refractivity contribution in [1.29, 1.82) is 0 Å². The maximum atomic E-state index is 4.81. The minimum absolute atomic E-state index is 0.861. The molecule has 0 atom stereocenters. The second kappa shape index (κ2) is 18.4. The summed E-state index contributed by atoms with van der Waals surface area (Å²) in [7, 11) is 0. The average Bonchev–Trinajstić information content (AvgIpc) is 3.28. The van der Waals surface area contributed by atoms with Gasteiger partial charge in [-0.25, -0.2) is 0 Å². The summed E-state index contributed by atoms with van der Waals surface area (Å²) in [5.41, 5.74) is 17.4. The highest BCUT2D eigenvalue weighted by atomic mass is 14.2. The Balaban J connectivity index is 0.00000260. The molecule has 0 spiro atoms. The molecule has 0 heterocycles. The summed E-state index contributed by atoms with van der Waals surface area (Å²) in [4.78, 5) is 0. The predicted octanol–water partition coefficient (Wildman–Crippen LogP) is 17.2. The van der Waals surface area contributed by atoms with Crippen LogP contribution in [0.25, 0.3) is 72.3 Å². The van der Waals surface area contributed by atoms with Crippen LogP contribution in [0, 0.1) is 13.8 Å². The van der Waals surface area contributed by atoms with Gasteiger partial charge in [-0.2, -0.15) is 0 Å². The fourth-order valence-corrected chi connectivity index (χ4v) is 8.71. The molecule has 0 amide bonds. The minimum atomic E-state index is 0.861. The molecule has 292 valence electrons. The monoisotopic (exact) mass is 764 g/mol. The normalized spacial score (nSPS) is 13.2. The lowest BCUT2D eigenvalue weighted by molar-refractivity contribution is 0.998. The third-order valence-electron chi connectivity index (χ3n) is 11.8. The van der Waals surface area contributed by atoms with E-state index in [-0.39, 0.29) is 0 Å². The Morgan fingerprint density at radius 1 is 0.695 bits per heavy atom. The number of fused-ring (bicyclic) bond motifs is 6. The molecule has 0 fully saturated rings. The zero-order valence-corrected chi connectivity index (χ0v) is 35.7. The smallest absolute Gasteiger partial charge is 0.00992 e. The first-order valence-electron chi connectivity index (χ1n) is 21.3. The third kappa shape index (κ3) is 8.27. The van der Waals surface area contributed by atoms with Crippen LogP contribution in [0.3, 0.4) is 0 Å². The number of hydrogen-bond acceptors (Lipinski definition) is 0. The molecule has 59 heavy (non-hydrogen) atoms. The molecule has 7 aromatic carbocycles. The number of hydrogen-bond donors (Lipinski definition) is 0. The Kier molecular flexibility index (Phi) is 12.7. The van der Waals surface area contributed by atoms with Gasteiger partial charge in [0.1, 0.15) is 0 Å². The summed E-state index contributed by atoms with van der Waals surface area (Å²) in [5, 5.41) is 7.61. The van der Waals surface area contributed by atoms with Crippen LogP contribution in [-0.4, -0.2) is 0 Å². The van der Waals surface area contributed by atoms with Gasteiger partial charge in [0.2, 0.25) is 0 Å². The van der Waals surface area contributed by atoms with E-state index in [4.69, 9.17) is 6.58 Å². The lowest BCUT2D eigenvalue weighted by atomic mass is 9.83. The molecule has 0 heteroatoms. The Morgan fingerprint density at radius 2 is 1.39 bits per heavy atom. The molecule has 0 N–H and O–H groups in total. The Morgan fingerprint density at radius 3 is 2.14 bits per heavy atom. The lowest BCUT2D eigenvalue weighted by Crippen LogP contribution is -2.00. The van der Waals surface area contributed by atoms with Crippen LogP contribution in [0.15, 0.2) is 177 Å². The van der Waals surface area contributed by atoms with Crippen LogP contribution in [0.2, 0.25) is 0 Å². The predicted molar refractivity (Wildman–Crippen MR) is 264 cm³/mol. The van der Waals surface area contributed by atoms with Gasteiger partial charge in [-0.3, -0.25) is 0 Å². The van der Waals surface area contributed by atoms with Gasteiger partial charge in [0.15, 0.2) is 0 Å². The molecule has 7 aromatic rings. The lowest BCUT2D eigenvalue weighted by Gasteiger charge is -2.21. The van der Waals surface area contributed by atoms with E-state index >= 15 is 0 Å². The van der Waals surface area contributed by atoms with Crippen LogP contribution < -0.4 is 0 Å². The van der Waals surface area contributed by atoms with Crippen molar-refractivity contribution >= 4 is 61.2 Å². The topological polar surface area (TPSA) is 0 Å². The van der Waals surface area contributed by atoms with Gasteiger partial charge < -0.3 is 0 Å². The first-order valence-corrected chi connectivity index (χ1v) is 21.3. The van der Waals surface area contributed by atoms with Crippen molar-refractivity contribution in [2.45, 2.75) is 60.8 Å². The fraction of sp³-hybridized carbons (Fsp3) is 0.153. The summed E-state index contributed by atoms with van der Waals surface area (Å²) < 4.78 is 0. The standard InChI is InChI=1S/C57H50.C2H6/c1-7-9-19-43-22-18-29-47(41(43)6)38(3)30-32-42(8-2)56(34-40(5)55-35-44-20-10-12-23-48(44)50-25-14-16-27-52(50)55)54-36-46(33-31-39(54)4)57-37-45-21-11-13-24-49(45)51-26-15-17-28-53(51)57;1-2/h7,9-14,16-25,27-37H,1,5,8,15,26H2,2-4,6H3;1-2H3/b19-9-,38-30+,42-32+,56-34-;. The first-order chi connectivity index (χ1) is 28.9. The molecule has 0 saturated heterocycles. The molecule has 0 aromatic heterocycles. The van der Waals surface area contributed by atoms with E-state index in [0.29, 0.717) is 0 Å². The average molecular weight is 765 g/mol. The van der Waals surface area contributed by atoms with Gasteiger partial charge in [0.05, 0.1) is 0 Å². The largest absolute Gasteiger partial charge is 0.0991 e. The van der Waals surface area contributed by atoms with E-state index in [9.17, 15) is 0 Å². The van der Waals surface area contributed by atoms with Crippen LogP contribution in [-0.2, 0) is 6.42 Å². The number of aryl methyl sites for hydroxylation is 2. The fourth-order valence-electron chi connectivity index (χ4n) is 8.71. The quantitative estimate of drug-likeness (QED) is 0.0961. The van der Waals surface area contributed by atoms with Crippen LogP contribution in [0.1, 0.15) is 85.0 Å². The van der Waals surface area contributed by atoms with Gasteiger partial charge in [-0.05, 0) is 175 Å². The molecular weight excluding hydrogens is 709 g/mol. The second-order valence-electron chi connectivity index (χ2n) is 15.3. The molecule has 0 radical (unpaired) electrons. The maximum absolute atomic E-state index is 4.81. The van der Waals surface area contributed by atoms with Gasteiger partial charge in [-0.1, -0.05) is 180 Å². The van der Waals surface area contributed by atoms with Gasteiger partial charge in [-0.15, -0.1) is 0 Å². The molecule has 1 aliphatic carbocycles. The van der Waals surface area contributed by atoms with E-state index in [1.54, 1.807) is 0 Å². The number of benzene rings is 7. The summed E-state index contributed by atoms with van der Waals surface area (Å²) in [5.74, 6) is 0. The number of allylic oxidation sites excluding steroid dienone is 10. The van der Waals surface area contributed by atoms with Crippen LogP contribution in [0.5, 0.6) is 0 Å². The summed E-state index contributed by atoms with van der Waals surface area (Å²) in [6.07, 6.45) is 20.6. The zero-order chi connectivity index (χ0) is 41.5. The summed E-state index contributed by atoms with van der Waals surface area (Å²) in [6, 6.07) is 44.6.